The summed E-state index contributed by atoms with van der Waals surface area (Å²) in [7, 11) is 0. The van der Waals surface area contributed by atoms with E-state index in [0.29, 0.717) is 0 Å². The summed E-state index contributed by atoms with van der Waals surface area (Å²) in [6, 6.07) is 5.35. The molecule has 1 aliphatic rings. The van der Waals surface area contributed by atoms with Crippen molar-refractivity contribution in [3.63, 3.8) is 0 Å². The minimum Gasteiger partial charge on any atom is -0.393 e. The van der Waals surface area contributed by atoms with Crippen LogP contribution in [-0.4, -0.2) is 12.3 Å². The van der Waals surface area contributed by atoms with E-state index in [2.05, 4.69) is 5.16 Å². The molecule has 0 saturated heterocycles. The second-order valence-corrected chi connectivity index (χ2v) is 4.68. The zero-order valence-electron chi connectivity index (χ0n) is 10.5. The first-order valence-electron chi connectivity index (χ1n) is 6.43. The van der Waals surface area contributed by atoms with Gasteiger partial charge < -0.3 is 4.84 Å². The molecule has 1 saturated carbocycles. The number of rotatable bonds is 3. The first-order chi connectivity index (χ1) is 9.07. The van der Waals surface area contributed by atoms with Crippen molar-refractivity contribution < 1.29 is 18.0 Å². The van der Waals surface area contributed by atoms with E-state index in [4.69, 9.17) is 4.84 Å². The van der Waals surface area contributed by atoms with Gasteiger partial charge in [0.15, 0.2) is 0 Å². The van der Waals surface area contributed by atoms with Crippen molar-refractivity contribution in [3.05, 3.63) is 35.4 Å². The Hall–Kier alpha value is -1.52. The highest BCUT2D eigenvalue weighted by Crippen LogP contribution is 2.31. The summed E-state index contributed by atoms with van der Waals surface area (Å²) < 4.78 is 38.2. The highest BCUT2D eigenvalue weighted by Gasteiger charge is 2.32. The second kappa shape index (κ2) is 6.08. The van der Waals surface area contributed by atoms with Crippen LogP contribution in [0.5, 0.6) is 0 Å². The summed E-state index contributed by atoms with van der Waals surface area (Å²) in [5.74, 6) is 0. The molecule has 0 bridgehead atoms. The quantitative estimate of drug-likeness (QED) is 0.590. The molecule has 0 unspecified atom stereocenters. The number of halogens is 3. The molecule has 0 N–H and O–H groups in total. The van der Waals surface area contributed by atoms with Gasteiger partial charge in [-0.15, -0.1) is 0 Å². The lowest BCUT2D eigenvalue weighted by atomic mass is 9.98. The van der Waals surface area contributed by atoms with Crippen molar-refractivity contribution in [2.75, 3.05) is 0 Å². The number of hydrogen-bond acceptors (Lipinski definition) is 2. The highest BCUT2D eigenvalue weighted by molar-refractivity contribution is 5.81. The van der Waals surface area contributed by atoms with Gasteiger partial charge in [0.2, 0.25) is 0 Å². The minimum atomic E-state index is -4.37. The van der Waals surface area contributed by atoms with Gasteiger partial charge in [-0.1, -0.05) is 29.8 Å². The molecule has 0 atom stereocenters. The minimum absolute atomic E-state index is 0.0332. The molecular formula is C14H16F3NO. The molecule has 1 aromatic rings. The summed E-state index contributed by atoms with van der Waals surface area (Å²) in [5, 5.41) is 3.71. The lowest BCUT2D eigenvalue weighted by Gasteiger charge is -2.19. The molecule has 2 nitrogen and oxygen atoms in total. The van der Waals surface area contributed by atoms with E-state index in [1.54, 1.807) is 6.07 Å². The molecule has 1 aromatic carbocycles. The summed E-state index contributed by atoms with van der Waals surface area (Å²) in [6.45, 7) is 0. The van der Waals surface area contributed by atoms with Gasteiger partial charge in [-0.2, -0.15) is 13.2 Å². The average Bonchev–Trinajstić information content (AvgIpc) is 2.39. The van der Waals surface area contributed by atoms with Crippen LogP contribution >= 0.6 is 0 Å². The predicted octanol–water partition coefficient (Wildman–Crippen LogP) is 4.39. The molecule has 0 aliphatic heterocycles. The first kappa shape index (κ1) is 13.9. The smallest absolute Gasteiger partial charge is 0.393 e. The number of nitrogens with zero attached hydrogens (tertiary/aromatic N) is 1. The van der Waals surface area contributed by atoms with E-state index < -0.39 is 11.7 Å². The van der Waals surface area contributed by atoms with Crippen molar-refractivity contribution in [1.82, 2.24) is 0 Å². The Morgan fingerprint density at radius 2 is 1.79 bits per heavy atom. The van der Waals surface area contributed by atoms with Crippen LogP contribution in [-0.2, 0) is 11.0 Å². The Kier molecular flexibility index (Phi) is 4.45. The number of oxime groups is 1. The Balaban J connectivity index is 2.02. The Labute approximate surface area is 110 Å². The lowest BCUT2D eigenvalue weighted by Crippen LogP contribution is -2.14. The van der Waals surface area contributed by atoms with Crippen LogP contribution in [0.15, 0.2) is 29.4 Å². The fourth-order valence-corrected chi connectivity index (χ4v) is 2.21. The summed E-state index contributed by atoms with van der Waals surface area (Å²) in [6.07, 6.45) is 2.07. The monoisotopic (exact) mass is 271 g/mol. The van der Waals surface area contributed by atoms with Gasteiger partial charge >= 0.3 is 6.18 Å². The standard InChI is InChI=1S/C14H16F3NO/c15-14(16,17)13-9-5-4-6-11(13)10-18-19-12-7-2-1-3-8-12/h4-6,9-10,12H,1-3,7-8H2. The van der Waals surface area contributed by atoms with E-state index in [9.17, 15) is 13.2 Å². The van der Waals surface area contributed by atoms with E-state index in [-0.39, 0.29) is 11.7 Å². The van der Waals surface area contributed by atoms with Crippen molar-refractivity contribution in [2.45, 2.75) is 44.4 Å². The molecular weight excluding hydrogens is 255 g/mol. The maximum atomic E-state index is 12.7. The molecule has 1 aliphatic carbocycles. The molecule has 1 fully saturated rings. The molecule has 19 heavy (non-hydrogen) atoms. The number of hydrogen-bond donors (Lipinski definition) is 0. The number of benzene rings is 1. The van der Waals surface area contributed by atoms with Crippen molar-refractivity contribution >= 4 is 6.21 Å². The van der Waals surface area contributed by atoms with Gasteiger partial charge in [0.1, 0.15) is 6.10 Å². The number of alkyl halides is 3. The second-order valence-electron chi connectivity index (χ2n) is 4.68. The van der Waals surface area contributed by atoms with Gasteiger partial charge in [0, 0.05) is 5.56 Å². The van der Waals surface area contributed by atoms with Gasteiger partial charge in [0.05, 0.1) is 11.8 Å². The largest absolute Gasteiger partial charge is 0.417 e. The SMILES string of the molecule is FC(F)(F)c1ccccc1C=NOC1CCCCC1. The van der Waals surface area contributed by atoms with Gasteiger partial charge in [-0.25, -0.2) is 0 Å². The highest BCUT2D eigenvalue weighted by atomic mass is 19.4. The zero-order valence-corrected chi connectivity index (χ0v) is 10.5. The maximum Gasteiger partial charge on any atom is 0.417 e. The van der Waals surface area contributed by atoms with E-state index in [1.807, 2.05) is 0 Å². The third kappa shape index (κ3) is 3.98. The summed E-state index contributed by atoms with van der Waals surface area (Å²) in [4.78, 5) is 5.26. The van der Waals surface area contributed by atoms with Gasteiger partial charge in [0.25, 0.3) is 0 Å². The van der Waals surface area contributed by atoms with E-state index in [0.717, 1.165) is 38.0 Å². The molecule has 2 rings (SSSR count). The van der Waals surface area contributed by atoms with Crippen LogP contribution in [0, 0.1) is 0 Å². The molecule has 0 aromatic heterocycles. The van der Waals surface area contributed by atoms with Crippen molar-refractivity contribution in [1.29, 1.82) is 0 Å². The van der Waals surface area contributed by atoms with Gasteiger partial charge in [-0.05, 0) is 31.7 Å². The van der Waals surface area contributed by atoms with E-state index >= 15 is 0 Å². The maximum absolute atomic E-state index is 12.7. The van der Waals surface area contributed by atoms with Crippen LogP contribution in [0.25, 0.3) is 0 Å². The molecule has 0 amide bonds. The fraction of sp³-hybridized carbons (Fsp3) is 0.500. The third-order valence-corrected chi connectivity index (χ3v) is 3.22. The molecule has 5 heteroatoms. The zero-order chi connectivity index (χ0) is 13.7. The average molecular weight is 271 g/mol. The normalized spacial score (nSPS) is 17.8. The van der Waals surface area contributed by atoms with Crippen LogP contribution < -0.4 is 0 Å². The Bertz CT molecular complexity index is 437. The molecule has 0 radical (unpaired) electrons. The third-order valence-electron chi connectivity index (χ3n) is 3.22. The van der Waals surface area contributed by atoms with Crippen LogP contribution in [0.4, 0.5) is 13.2 Å². The molecule has 104 valence electrons. The molecule has 0 heterocycles. The van der Waals surface area contributed by atoms with Crippen molar-refractivity contribution in [3.8, 4) is 0 Å². The first-order valence-corrected chi connectivity index (χ1v) is 6.43. The molecule has 0 spiro atoms. The lowest BCUT2D eigenvalue weighted by molar-refractivity contribution is -0.137. The summed E-state index contributed by atoms with van der Waals surface area (Å²) in [5.41, 5.74) is -0.656. The van der Waals surface area contributed by atoms with Crippen LogP contribution in [0.2, 0.25) is 0 Å². The summed E-state index contributed by atoms with van der Waals surface area (Å²) >= 11 is 0. The fourth-order valence-electron chi connectivity index (χ4n) is 2.21. The van der Waals surface area contributed by atoms with E-state index in [1.165, 1.54) is 18.6 Å². The predicted molar refractivity (Wildman–Crippen MR) is 67.0 cm³/mol. The topological polar surface area (TPSA) is 21.6 Å². The van der Waals surface area contributed by atoms with Crippen LogP contribution in [0.1, 0.15) is 43.2 Å². The Morgan fingerprint density at radius 3 is 2.47 bits per heavy atom. The van der Waals surface area contributed by atoms with Crippen LogP contribution in [0.3, 0.4) is 0 Å². The Morgan fingerprint density at radius 1 is 1.11 bits per heavy atom. The van der Waals surface area contributed by atoms with Gasteiger partial charge in [-0.3, -0.25) is 0 Å². The van der Waals surface area contributed by atoms with Crippen molar-refractivity contribution in [2.24, 2.45) is 5.16 Å².